The summed E-state index contributed by atoms with van der Waals surface area (Å²) in [6.45, 7) is 0.590. The van der Waals surface area contributed by atoms with Crippen molar-refractivity contribution in [2.45, 2.75) is 11.3 Å². The fraction of sp³-hybridized carbons (Fsp3) is 0.0833. The maximum absolute atomic E-state index is 13.3. The van der Waals surface area contributed by atoms with E-state index < -0.39 is 4.75 Å². The number of benzene rings is 3. The molecule has 31 heavy (non-hydrogen) atoms. The van der Waals surface area contributed by atoms with Crippen LogP contribution in [0.25, 0.3) is 5.70 Å². The molecule has 1 spiro atoms. The van der Waals surface area contributed by atoms with Gasteiger partial charge in [-0.1, -0.05) is 94.0 Å². The normalized spacial score (nSPS) is 19.9. The molecule has 0 fully saturated rings. The molecule has 5 rings (SSSR count). The van der Waals surface area contributed by atoms with E-state index in [9.17, 15) is 4.79 Å². The van der Waals surface area contributed by atoms with Gasteiger partial charge >= 0.3 is 0 Å². The minimum atomic E-state index is -0.905. The summed E-state index contributed by atoms with van der Waals surface area (Å²) in [6, 6.07) is 23.7. The average Bonchev–Trinajstić information content (AvgIpc) is 3.02. The van der Waals surface area contributed by atoms with Crippen molar-refractivity contribution in [3.05, 3.63) is 105 Å². The summed E-state index contributed by atoms with van der Waals surface area (Å²) in [5.41, 5.74) is 4.75. The summed E-state index contributed by atoms with van der Waals surface area (Å²) in [6.07, 6.45) is 2.05. The van der Waals surface area contributed by atoms with Gasteiger partial charge in [-0.2, -0.15) is 0 Å². The number of anilines is 1. The van der Waals surface area contributed by atoms with Crippen LogP contribution in [0.2, 0.25) is 5.02 Å². The third-order valence-electron chi connectivity index (χ3n) is 5.39. The number of thiocarbonyl (C=S) groups is 1. The molecule has 1 N–H and O–H groups in total. The van der Waals surface area contributed by atoms with Crippen molar-refractivity contribution in [2.75, 3.05) is 5.32 Å². The Balaban J connectivity index is 1.66. The molecule has 3 aromatic carbocycles. The van der Waals surface area contributed by atoms with Gasteiger partial charge < -0.3 is 10.2 Å². The molecule has 0 radical (unpaired) electrons. The fourth-order valence-electron chi connectivity index (χ4n) is 3.88. The van der Waals surface area contributed by atoms with E-state index in [2.05, 4.69) is 26.1 Å². The summed E-state index contributed by atoms with van der Waals surface area (Å²) in [5, 5.41) is 3.73. The number of halogens is 2. The number of nitrogens with zero attached hydrogens (tertiary/aromatic N) is 1. The van der Waals surface area contributed by atoms with Crippen molar-refractivity contribution in [3.8, 4) is 0 Å². The van der Waals surface area contributed by atoms with Gasteiger partial charge in [0.05, 0.1) is 0 Å². The molecule has 0 aromatic heterocycles. The van der Waals surface area contributed by atoms with Crippen LogP contribution in [-0.2, 0) is 16.1 Å². The number of thioether (sulfide) groups is 1. The molecule has 1 amide bonds. The van der Waals surface area contributed by atoms with Gasteiger partial charge in [0.15, 0.2) is 0 Å². The van der Waals surface area contributed by atoms with E-state index in [1.165, 1.54) is 11.8 Å². The standard InChI is InChI=1S/C24H16BrClN2OS2/c25-17-8-11-20-19(12-17)24(22(29)27-20)13-21(16-4-2-1-3-5-16)28(23(30)31-24)14-15-6-9-18(26)10-7-15/h1-13H,14H2,(H,27,29). The molecule has 0 aliphatic carbocycles. The van der Waals surface area contributed by atoms with Gasteiger partial charge in [-0.15, -0.1) is 0 Å². The summed E-state index contributed by atoms with van der Waals surface area (Å²) >= 11 is 16.9. The first kappa shape index (κ1) is 20.8. The lowest BCUT2D eigenvalue weighted by molar-refractivity contribution is -0.116. The van der Waals surface area contributed by atoms with Gasteiger partial charge in [-0.05, 0) is 47.5 Å². The van der Waals surface area contributed by atoms with E-state index >= 15 is 0 Å². The summed E-state index contributed by atoms with van der Waals surface area (Å²) in [7, 11) is 0. The Morgan fingerprint density at radius 1 is 1.06 bits per heavy atom. The third-order valence-corrected chi connectivity index (χ3v) is 7.85. The lowest BCUT2D eigenvalue weighted by Crippen LogP contribution is -2.40. The van der Waals surface area contributed by atoms with Crippen LogP contribution in [0.15, 0.2) is 83.3 Å². The number of hydrogen-bond acceptors (Lipinski definition) is 3. The monoisotopic (exact) mass is 526 g/mol. The fourth-order valence-corrected chi connectivity index (χ4v) is 6.06. The lowest BCUT2D eigenvalue weighted by Gasteiger charge is -2.38. The highest BCUT2D eigenvalue weighted by molar-refractivity contribution is 9.10. The van der Waals surface area contributed by atoms with Crippen molar-refractivity contribution in [3.63, 3.8) is 0 Å². The van der Waals surface area contributed by atoms with E-state index in [4.69, 9.17) is 23.8 Å². The number of amides is 1. The third kappa shape index (κ3) is 3.72. The Morgan fingerprint density at radius 3 is 2.55 bits per heavy atom. The quantitative estimate of drug-likeness (QED) is 0.379. The second kappa shape index (κ2) is 8.10. The zero-order valence-electron chi connectivity index (χ0n) is 16.1. The zero-order valence-corrected chi connectivity index (χ0v) is 20.1. The molecule has 2 aliphatic rings. The topological polar surface area (TPSA) is 32.3 Å². The van der Waals surface area contributed by atoms with Gasteiger partial charge in [0.2, 0.25) is 5.91 Å². The SMILES string of the molecule is O=C1Nc2ccc(Br)cc2C12C=C(c1ccccc1)N(Cc1ccc(Cl)cc1)C(=S)S2. The Kier molecular flexibility index (Phi) is 5.42. The average molecular weight is 528 g/mol. The number of carbonyl (C=O) groups is 1. The Morgan fingerprint density at radius 2 is 1.81 bits per heavy atom. The molecule has 3 nitrogen and oxygen atoms in total. The minimum Gasteiger partial charge on any atom is -0.324 e. The molecule has 2 aliphatic heterocycles. The molecule has 2 heterocycles. The first-order valence-corrected chi connectivity index (χ1v) is 12.0. The second-order valence-electron chi connectivity index (χ2n) is 7.36. The highest BCUT2D eigenvalue weighted by atomic mass is 79.9. The lowest BCUT2D eigenvalue weighted by atomic mass is 9.95. The zero-order chi connectivity index (χ0) is 21.6. The summed E-state index contributed by atoms with van der Waals surface area (Å²) < 4.78 is 0.670. The molecule has 0 saturated heterocycles. The molecule has 7 heteroatoms. The van der Waals surface area contributed by atoms with Crippen LogP contribution < -0.4 is 5.32 Å². The van der Waals surface area contributed by atoms with Gasteiger partial charge in [-0.3, -0.25) is 4.79 Å². The van der Waals surface area contributed by atoms with E-state index in [1.807, 2.05) is 78.9 Å². The van der Waals surface area contributed by atoms with Crippen molar-refractivity contribution in [1.82, 2.24) is 4.90 Å². The second-order valence-corrected chi connectivity index (χ2v) is 10.6. The van der Waals surface area contributed by atoms with Gasteiger partial charge in [0.25, 0.3) is 0 Å². The highest BCUT2D eigenvalue weighted by Gasteiger charge is 2.50. The Labute approximate surface area is 203 Å². The van der Waals surface area contributed by atoms with Crippen molar-refractivity contribution < 1.29 is 4.79 Å². The number of fused-ring (bicyclic) bond motifs is 2. The molecule has 1 unspecified atom stereocenters. The molecule has 0 bridgehead atoms. The van der Waals surface area contributed by atoms with Gasteiger partial charge in [0.1, 0.15) is 9.07 Å². The number of hydrogen-bond donors (Lipinski definition) is 1. The number of rotatable bonds is 3. The maximum Gasteiger partial charge on any atom is 0.249 e. The van der Waals surface area contributed by atoms with E-state index in [-0.39, 0.29) is 5.91 Å². The Bertz CT molecular complexity index is 1230. The van der Waals surface area contributed by atoms with Crippen LogP contribution >= 0.6 is 51.5 Å². The predicted octanol–water partition coefficient (Wildman–Crippen LogP) is 6.82. The van der Waals surface area contributed by atoms with E-state index in [1.54, 1.807) is 0 Å². The van der Waals surface area contributed by atoms with Crippen LogP contribution in [0.3, 0.4) is 0 Å². The van der Waals surface area contributed by atoms with Gasteiger partial charge in [-0.25, -0.2) is 0 Å². The van der Waals surface area contributed by atoms with Crippen LogP contribution in [-0.4, -0.2) is 15.1 Å². The number of nitrogens with one attached hydrogen (secondary N) is 1. The highest BCUT2D eigenvalue weighted by Crippen LogP contribution is 2.53. The Hall–Kier alpha value is -2.12. The minimum absolute atomic E-state index is 0.0764. The largest absolute Gasteiger partial charge is 0.324 e. The van der Waals surface area contributed by atoms with Crippen LogP contribution in [0.5, 0.6) is 0 Å². The first-order valence-electron chi connectivity index (χ1n) is 9.61. The van der Waals surface area contributed by atoms with Crippen molar-refractivity contribution in [2.24, 2.45) is 0 Å². The first-order chi connectivity index (χ1) is 15.0. The van der Waals surface area contributed by atoms with Crippen molar-refractivity contribution in [1.29, 1.82) is 0 Å². The summed E-state index contributed by atoms with van der Waals surface area (Å²) in [5.74, 6) is -0.0764. The number of carbonyl (C=O) groups excluding carboxylic acids is 1. The van der Waals surface area contributed by atoms with Crippen LogP contribution in [0, 0.1) is 0 Å². The predicted molar refractivity (Wildman–Crippen MR) is 136 cm³/mol. The summed E-state index contributed by atoms with van der Waals surface area (Å²) in [4.78, 5) is 15.3. The molecule has 3 aromatic rings. The van der Waals surface area contributed by atoms with Crippen molar-refractivity contribution >= 4 is 73.1 Å². The maximum atomic E-state index is 13.3. The smallest absolute Gasteiger partial charge is 0.249 e. The molecular weight excluding hydrogens is 512 g/mol. The van der Waals surface area contributed by atoms with Gasteiger partial charge in [0, 0.05) is 33.0 Å². The molecule has 1 atom stereocenters. The van der Waals surface area contributed by atoms with E-state index in [0.717, 1.165) is 32.5 Å². The van der Waals surface area contributed by atoms with Crippen LogP contribution in [0.1, 0.15) is 16.7 Å². The molecule has 0 saturated carbocycles. The van der Waals surface area contributed by atoms with Crippen LogP contribution in [0.4, 0.5) is 5.69 Å². The van der Waals surface area contributed by atoms with E-state index in [0.29, 0.717) is 15.9 Å². The molecular formula is C24H16BrClN2OS2. The molecule has 154 valence electrons.